The van der Waals surface area contributed by atoms with E-state index >= 15 is 0 Å². The van der Waals surface area contributed by atoms with Crippen molar-refractivity contribution in [3.63, 3.8) is 0 Å². The Morgan fingerprint density at radius 2 is 2.04 bits per heavy atom. The van der Waals surface area contributed by atoms with Crippen LogP contribution in [0.25, 0.3) is 0 Å². The number of amides is 1. The predicted octanol–water partition coefficient (Wildman–Crippen LogP) is 1.38. The van der Waals surface area contributed by atoms with Gasteiger partial charge in [0.15, 0.2) is 0 Å². The number of hydrogen-bond donors (Lipinski definition) is 0. The molecule has 2 aromatic rings. The number of nitrogens with zero attached hydrogens (tertiary/aromatic N) is 3. The van der Waals surface area contributed by atoms with Crippen molar-refractivity contribution in [2.75, 3.05) is 12.8 Å². The molecule has 0 N–H and O–H groups in total. The third kappa shape index (κ3) is 3.42. The molecular weight excluding hydrogens is 318 g/mol. The quantitative estimate of drug-likeness (QED) is 0.838. The smallest absolute Gasteiger partial charge is 0.335 e. The molecule has 0 radical (unpaired) electrons. The van der Waals surface area contributed by atoms with Gasteiger partial charge in [0.2, 0.25) is 21.6 Å². The number of benzene rings is 1. The topological polar surface area (TPSA) is 93.4 Å². The molecule has 1 saturated heterocycles. The van der Waals surface area contributed by atoms with Crippen molar-refractivity contribution in [2.45, 2.75) is 30.5 Å². The minimum atomic E-state index is -3.54. The van der Waals surface area contributed by atoms with Crippen LogP contribution in [0.1, 0.15) is 30.3 Å². The number of aromatic nitrogens is 2. The highest BCUT2D eigenvalue weighted by Crippen LogP contribution is 2.32. The summed E-state index contributed by atoms with van der Waals surface area (Å²) in [6.07, 6.45) is 2.81. The zero-order chi connectivity index (χ0) is 16.4. The van der Waals surface area contributed by atoms with Gasteiger partial charge < -0.3 is 9.32 Å². The van der Waals surface area contributed by atoms with E-state index in [-0.39, 0.29) is 17.8 Å². The first-order valence-corrected chi connectivity index (χ1v) is 9.21. The van der Waals surface area contributed by atoms with Gasteiger partial charge in [0, 0.05) is 12.8 Å². The average molecular weight is 335 g/mol. The summed E-state index contributed by atoms with van der Waals surface area (Å²) in [5.74, 6) is 0.155. The standard InChI is InChI=1S/C15H17N3O4S/c1-23(20,21)15-17-16-14(22-15)12-8-5-9-18(12)13(19)10-11-6-3-2-4-7-11/h2-4,6-7,12H,5,8-10H2,1H3/t12-/m0/s1. The van der Waals surface area contributed by atoms with E-state index in [0.29, 0.717) is 19.4 Å². The Hall–Kier alpha value is -2.22. The first kappa shape index (κ1) is 15.7. The molecule has 1 aromatic heterocycles. The van der Waals surface area contributed by atoms with E-state index in [1.54, 1.807) is 4.90 Å². The monoisotopic (exact) mass is 335 g/mol. The van der Waals surface area contributed by atoms with Crippen LogP contribution in [0.3, 0.4) is 0 Å². The molecule has 8 heteroatoms. The van der Waals surface area contributed by atoms with Crippen LogP contribution in [0.2, 0.25) is 0 Å². The first-order chi connectivity index (χ1) is 10.9. The highest BCUT2D eigenvalue weighted by molar-refractivity contribution is 7.90. The van der Waals surface area contributed by atoms with E-state index in [4.69, 9.17) is 4.42 Å². The lowest BCUT2D eigenvalue weighted by molar-refractivity contribution is -0.131. The van der Waals surface area contributed by atoms with E-state index in [1.807, 2.05) is 30.3 Å². The Balaban J connectivity index is 1.77. The summed E-state index contributed by atoms with van der Waals surface area (Å²) in [5, 5.41) is 6.97. The highest BCUT2D eigenvalue weighted by Gasteiger charge is 2.34. The molecule has 0 spiro atoms. The molecule has 0 bridgehead atoms. The minimum absolute atomic E-state index is 0.0298. The van der Waals surface area contributed by atoms with Gasteiger partial charge in [-0.25, -0.2) is 8.42 Å². The summed E-state index contributed by atoms with van der Waals surface area (Å²) < 4.78 is 28.1. The second-order valence-electron chi connectivity index (χ2n) is 5.59. The summed E-state index contributed by atoms with van der Waals surface area (Å²) in [6.45, 7) is 0.604. The number of carbonyl (C=O) groups is 1. The zero-order valence-electron chi connectivity index (χ0n) is 12.7. The summed E-state index contributed by atoms with van der Waals surface area (Å²) in [6, 6.07) is 9.13. The number of hydrogen-bond acceptors (Lipinski definition) is 6. The minimum Gasteiger partial charge on any atom is -0.410 e. The van der Waals surface area contributed by atoms with Crippen LogP contribution in [-0.2, 0) is 21.1 Å². The summed E-state index contributed by atoms with van der Waals surface area (Å²) in [5.41, 5.74) is 0.936. The fraction of sp³-hybridized carbons (Fsp3) is 0.400. The Morgan fingerprint density at radius 1 is 1.30 bits per heavy atom. The fourth-order valence-corrected chi connectivity index (χ4v) is 3.12. The molecule has 23 heavy (non-hydrogen) atoms. The van der Waals surface area contributed by atoms with Crippen molar-refractivity contribution < 1.29 is 17.6 Å². The van der Waals surface area contributed by atoms with E-state index in [9.17, 15) is 13.2 Å². The van der Waals surface area contributed by atoms with E-state index in [0.717, 1.165) is 18.2 Å². The molecule has 1 aliphatic rings. The van der Waals surface area contributed by atoms with Crippen LogP contribution in [0.5, 0.6) is 0 Å². The normalized spacial score (nSPS) is 18.3. The maximum Gasteiger partial charge on any atom is 0.335 e. The molecule has 0 unspecified atom stereocenters. The molecule has 0 aliphatic carbocycles. The maximum absolute atomic E-state index is 12.5. The number of likely N-dealkylation sites (tertiary alicyclic amines) is 1. The number of carbonyl (C=O) groups excluding carboxylic acids is 1. The molecule has 1 atom stereocenters. The molecule has 1 aliphatic heterocycles. The van der Waals surface area contributed by atoms with Crippen LogP contribution in [-0.4, -0.2) is 42.2 Å². The predicted molar refractivity (Wildman–Crippen MR) is 81.2 cm³/mol. The Bertz CT molecular complexity index is 801. The van der Waals surface area contributed by atoms with Gasteiger partial charge in [-0.2, -0.15) is 0 Å². The van der Waals surface area contributed by atoms with E-state index < -0.39 is 15.1 Å². The molecule has 1 aromatic carbocycles. The van der Waals surface area contributed by atoms with Gasteiger partial charge in [0.25, 0.3) is 0 Å². The van der Waals surface area contributed by atoms with Crippen LogP contribution < -0.4 is 0 Å². The van der Waals surface area contributed by atoms with Gasteiger partial charge >= 0.3 is 5.22 Å². The van der Waals surface area contributed by atoms with Gasteiger partial charge in [-0.3, -0.25) is 4.79 Å². The molecule has 122 valence electrons. The number of sulfone groups is 1. The first-order valence-electron chi connectivity index (χ1n) is 7.32. The van der Waals surface area contributed by atoms with Crippen molar-refractivity contribution in [2.24, 2.45) is 0 Å². The molecule has 1 fully saturated rings. The van der Waals surface area contributed by atoms with Crippen molar-refractivity contribution >= 4 is 15.7 Å². The largest absolute Gasteiger partial charge is 0.410 e. The van der Waals surface area contributed by atoms with Crippen LogP contribution in [0.4, 0.5) is 0 Å². The average Bonchev–Trinajstić information content (AvgIpc) is 3.16. The Morgan fingerprint density at radius 3 is 2.70 bits per heavy atom. The molecular formula is C15H17N3O4S. The lowest BCUT2D eigenvalue weighted by Crippen LogP contribution is -2.32. The van der Waals surface area contributed by atoms with Gasteiger partial charge in [-0.05, 0) is 18.4 Å². The Labute approximate surface area is 134 Å². The molecule has 3 rings (SSSR count). The summed E-state index contributed by atoms with van der Waals surface area (Å²) in [7, 11) is -3.54. The van der Waals surface area contributed by atoms with Crippen molar-refractivity contribution in [3.8, 4) is 0 Å². The highest BCUT2D eigenvalue weighted by atomic mass is 32.2. The van der Waals surface area contributed by atoms with Crippen LogP contribution in [0.15, 0.2) is 40.0 Å². The second-order valence-corrected chi connectivity index (χ2v) is 7.48. The van der Waals surface area contributed by atoms with Gasteiger partial charge in [0.05, 0.1) is 6.42 Å². The van der Waals surface area contributed by atoms with Gasteiger partial charge in [0.1, 0.15) is 6.04 Å². The van der Waals surface area contributed by atoms with Crippen LogP contribution in [0, 0.1) is 0 Å². The fourth-order valence-electron chi connectivity index (χ4n) is 2.70. The maximum atomic E-state index is 12.5. The number of rotatable bonds is 4. The molecule has 1 amide bonds. The van der Waals surface area contributed by atoms with Gasteiger partial charge in [-0.1, -0.05) is 35.4 Å². The van der Waals surface area contributed by atoms with Gasteiger partial charge in [-0.15, -0.1) is 5.10 Å². The van der Waals surface area contributed by atoms with Crippen LogP contribution >= 0.6 is 0 Å². The lowest BCUT2D eigenvalue weighted by atomic mass is 10.1. The lowest BCUT2D eigenvalue weighted by Gasteiger charge is -2.22. The van der Waals surface area contributed by atoms with E-state index in [1.165, 1.54) is 0 Å². The summed E-state index contributed by atoms with van der Waals surface area (Å²) in [4.78, 5) is 14.2. The van der Waals surface area contributed by atoms with E-state index in [2.05, 4.69) is 10.2 Å². The van der Waals surface area contributed by atoms with Crippen molar-refractivity contribution in [1.82, 2.24) is 15.1 Å². The third-order valence-corrected chi connectivity index (χ3v) is 4.60. The third-order valence-electron chi connectivity index (χ3n) is 3.80. The molecule has 7 nitrogen and oxygen atoms in total. The summed E-state index contributed by atoms with van der Waals surface area (Å²) >= 11 is 0. The molecule has 0 saturated carbocycles. The van der Waals surface area contributed by atoms with Crippen molar-refractivity contribution in [3.05, 3.63) is 41.8 Å². The second kappa shape index (κ2) is 6.11. The Kier molecular flexibility index (Phi) is 4.16. The van der Waals surface area contributed by atoms with Crippen molar-refractivity contribution in [1.29, 1.82) is 0 Å². The SMILES string of the molecule is CS(=O)(=O)c1nnc([C@@H]2CCCN2C(=O)Cc2ccccc2)o1. The zero-order valence-corrected chi connectivity index (χ0v) is 13.5. The molecule has 2 heterocycles.